The van der Waals surface area contributed by atoms with Gasteiger partial charge in [0.1, 0.15) is 11.9 Å². The van der Waals surface area contributed by atoms with Crippen molar-refractivity contribution >= 4 is 17.6 Å². The summed E-state index contributed by atoms with van der Waals surface area (Å²) < 4.78 is 19.1. The summed E-state index contributed by atoms with van der Waals surface area (Å²) in [6.07, 6.45) is 2.58. The molecule has 1 amide bonds. The van der Waals surface area contributed by atoms with Crippen molar-refractivity contribution in [3.8, 4) is 0 Å². The highest BCUT2D eigenvalue weighted by Crippen LogP contribution is 2.31. The minimum Gasteiger partial charge on any atom is -0.457 e. The number of benzene rings is 3. The van der Waals surface area contributed by atoms with E-state index in [9.17, 15) is 14.0 Å². The van der Waals surface area contributed by atoms with E-state index < -0.39 is 0 Å². The van der Waals surface area contributed by atoms with Crippen LogP contribution in [0.2, 0.25) is 0 Å². The number of hydrogen-bond acceptors (Lipinski definition) is 4. The van der Waals surface area contributed by atoms with Crippen LogP contribution in [-0.2, 0) is 20.7 Å². The summed E-state index contributed by atoms with van der Waals surface area (Å²) in [6.45, 7) is 6.56. The first-order valence-electron chi connectivity index (χ1n) is 13.5. The number of halogens is 1. The van der Waals surface area contributed by atoms with Gasteiger partial charge in [-0.25, -0.2) is 4.39 Å². The Balaban J connectivity index is 1.31. The second kappa shape index (κ2) is 13.3. The van der Waals surface area contributed by atoms with Crippen molar-refractivity contribution in [3.05, 3.63) is 101 Å². The maximum Gasteiger partial charge on any atom is 0.310 e. The Bertz CT molecular complexity index is 1190. The van der Waals surface area contributed by atoms with Crippen molar-refractivity contribution in [1.29, 1.82) is 0 Å². The van der Waals surface area contributed by atoms with Crippen LogP contribution in [0.5, 0.6) is 0 Å². The maximum atomic E-state index is 13.2. The predicted octanol–water partition coefficient (Wildman–Crippen LogP) is 6.52. The largest absolute Gasteiger partial charge is 0.457 e. The number of nitrogens with one attached hydrogen (secondary N) is 1. The molecule has 0 spiro atoms. The number of anilines is 1. The lowest BCUT2D eigenvalue weighted by atomic mass is 9.89. The maximum absolute atomic E-state index is 13.2. The fourth-order valence-corrected chi connectivity index (χ4v) is 4.88. The number of rotatable bonds is 10. The van der Waals surface area contributed by atoms with Gasteiger partial charge in [-0.15, -0.1) is 0 Å². The van der Waals surface area contributed by atoms with Crippen molar-refractivity contribution in [2.75, 3.05) is 25.0 Å². The molecule has 1 heterocycles. The summed E-state index contributed by atoms with van der Waals surface area (Å²) >= 11 is 0. The summed E-state index contributed by atoms with van der Waals surface area (Å²) in [4.78, 5) is 27.2. The molecule has 200 valence electrons. The summed E-state index contributed by atoms with van der Waals surface area (Å²) in [7, 11) is 0. The number of piperidine rings is 1. The first-order chi connectivity index (χ1) is 18.4. The van der Waals surface area contributed by atoms with Crippen molar-refractivity contribution in [2.45, 2.75) is 51.6 Å². The van der Waals surface area contributed by atoms with Crippen LogP contribution in [0.4, 0.5) is 10.1 Å². The Hall–Kier alpha value is -3.51. The Morgan fingerprint density at radius 1 is 0.974 bits per heavy atom. The molecule has 0 bridgehead atoms. The third kappa shape index (κ3) is 7.99. The molecule has 1 aliphatic rings. The van der Waals surface area contributed by atoms with Crippen LogP contribution in [0.15, 0.2) is 78.9 Å². The summed E-state index contributed by atoms with van der Waals surface area (Å²) in [5, 5.41) is 3.00. The number of amides is 1. The second-order valence-electron chi connectivity index (χ2n) is 10.4. The van der Waals surface area contributed by atoms with E-state index in [1.54, 1.807) is 12.1 Å². The average Bonchev–Trinajstić information content (AvgIpc) is 2.93. The Labute approximate surface area is 225 Å². The lowest BCUT2D eigenvalue weighted by Gasteiger charge is -2.33. The van der Waals surface area contributed by atoms with Gasteiger partial charge in [-0.2, -0.15) is 0 Å². The standard InChI is InChI=1S/C32H37FN2O3/c1-23(2)32(37)34-29-10-6-9-27(22-29)25-15-18-35(19-16-25)20-17-30(26-7-4-3-5-8-26)38-31(36)21-24-11-13-28(33)14-12-24/h3-14,22-23,25,30H,15-21H2,1-2H3,(H,34,37). The number of nitrogens with zero attached hydrogens (tertiary/aromatic N) is 1. The van der Waals surface area contributed by atoms with Gasteiger partial charge in [0.25, 0.3) is 0 Å². The normalized spacial score (nSPS) is 15.3. The summed E-state index contributed by atoms with van der Waals surface area (Å²) in [5.41, 5.74) is 3.84. The molecule has 4 rings (SSSR count). The van der Waals surface area contributed by atoms with Gasteiger partial charge in [0.2, 0.25) is 5.91 Å². The Kier molecular flexibility index (Phi) is 9.66. The molecule has 0 radical (unpaired) electrons. The van der Waals surface area contributed by atoms with Gasteiger partial charge in [0.15, 0.2) is 0 Å². The third-order valence-electron chi connectivity index (χ3n) is 7.15. The van der Waals surface area contributed by atoms with Crippen molar-refractivity contribution in [2.24, 2.45) is 5.92 Å². The molecule has 3 aromatic carbocycles. The topological polar surface area (TPSA) is 58.6 Å². The molecule has 5 nitrogen and oxygen atoms in total. The molecular weight excluding hydrogens is 479 g/mol. The van der Waals surface area contributed by atoms with Gasteiger partial charge in [-0.1, -0.05) is 68.4 Å². The van der Waals surface area contributed by atoms with Crippen LogP contribution in [-0.4, -0.2) is 36.4 Å². The lowest BCUT2D eigenvalue weighted by Crippen LogP contribution is -2.34. The van der Waals surface area contributed by atoms with Crippen LogP contribution >= 0.6 is 0 Å². The molecule has 1 aliphatic heterocycles. The number of ether oxygens (including phenoxy) is 1. The van der Waals surface area contributed by atoms with Crippen molar-refractivity contribution in [1.82, 2.24) is 4.90 Å². The zero-order valence-electron chi connectivity index (χ0n) is 22.2. The minimum atomic E-state index is -0.330. The van der Waals surface area contributed by atoms with Gasteiger partial charge in [0.05, 0.1) is 6.42 Å². The molecule has 1 unspecified atom stereocenters. The van der Waals surface area contributed by atoms with Crippen LogP contribution in [0.1, 0.15) is 61.8 Å². The zero-order chi connectivity index (χ0) is 26.9. The molecule has 0 aliphatic carbocycles. The highest BCUT2D eigenvalue weighted by Gasteiger charge is 2.23. The molecule has 3 aromatic rings. The highest BCUT2D eigenvalue weighted by atomic mass is 19.1. The Morgan fingerprint density at radius 3 is 2.37 bits per heavy atom. The second-order valence-corrected chi connectivity index (χ2v) is 10.4. The van der Waals surface area contributed by atoms with Gasteiger partial charge in [-0.3, -0.25) is 9.59 Å². The quantitative estimate of drug-likeness (QED) is 0.312. The number of likely N-dealkylation sites (tertiary alicyclic amines) is 1. The van der Waals surface area contributed by atoms with E-state index in [2.05, 4.69) is 22.3 Å². The van der Waals surface area contributed by atoms with Crippen LogP contribution in [0.25, 0.3) is 0 Å². The fourth-order valence-electron chi connectivity index (χ4n) is 4.88. The Morgan fingerprint density at radius 2 is 1.68 bits per heavy atom. The van der Waals surface area contributed by atoms with E-state index in [1.165, 1.54) is 17.7 Å². The molecule has 1 atom stereocenters. The van der Waals surface area contributed by atoms with Crippen molar-refractivity contribution in [3.63, 3.8) is 0 Å². The fraction of sp³-hybridized carbons (Fsp3) is 0.375. The monoisotopic (exact) mass is 516 g/mol. The lowest BCUT2D eigenvalue weighted by molar-refractivity contribution is -0.149. The number of carbonyl (C=O) groups excluding carboxylic acids is 2. The van der Waals surface area contributed by atoms with E-state index in [-0.39, 0.29) is 36.1 Å². The first-order valence-corrected chi connectivity index (χ1v) is 13.5. The number of carbonyl (C=O) groups is 2. The number of hydrogen-bond donors (Lipinski definition) is 1. The molecule has 38 heavy (non-hydrogen) atoms. The van der Waals surface area contributed by atoms with E-state index in [0.29, 0.717) is 12.3 Å². The van der Waals surface area contributed by atoms with Crippen LogP contribution < -0.4 is 5.32 Å². The minimum absolute atomic E-state index is 0.0308. The molecule has 0 saturated carbocycles. The van der Waals surface area contributed by atoms with Gasteiger partial charge in [0, 0.05) is 24.6 Å². The zero-order valence-corrected chi connectivity index (χ0v) is 22.2. The van der Waals surface area contributed by atoms with Crippen LogP contribution in [0, 0.1) is 11.7 Å². The van der Waals surface area contributed by atoms with Crippen molar-refractivity contribution < 1.29 is 18.7 Å². The van der Waals surface area contributed by atoms with Gasteiger partial charge >= 0.3 is 5.97 Å². The third-order valence-corrected chi connectivity index (χ3v) is 7.15. The van der Waals surface area contributed by atoms with Gasteiger partial charge < -0.3 is 15.0 Å². The van der Waals surface area contributed by atoms with E-state index >= 15 is 0 Å². The molecular formula is C32H37FN2O3. The molecule has 1 saturated heterocycles. The van der Waals surface area contributed by atoms with E-state index in [1.807, 2.05) is 56.3 Å². The van der Waals surface area contributed by atoms with Crippen LogP contribution in [0.3, 0.4) is 0 Å². The molecule has 6 heteroatoms. The SMILES string of the molecule is CC(C)C(=O)Nc1cccc(C2CCN(CCC(OC(=O)Cc3ccc(F)cc3)c3ccccc3)CC2)c1. The summed E-state index contributed by atoms with van der Waals surface area (Å²) in [5.74, 6) is -0.194. The smallest absolute Gasteiger partial charge is 0.310 e. The average molecular weight is 517 g/mol. The molecule has 0 aromatic heterocycles. The highest BCUT2D eigenvalue weighted by molar-refractivity contribution is 5.92. The first kappa shape index (κ1) is 27.5. The van der Waals surface area contributed by atoms with E-state index in [4.69, 9.17) is 4.74 Å². The van der Waals surface area contributed by atoms with Gasteiger partial charge in [-0.05, 0) is 72.8 Å². The predicted molar refractivity (Wildman–Crippen MR) is 148 cm³/mol. The number of esters is 1. The summed E-state index contributed by atoms with van der Waals surface area (Å²) in [6, 6.07) is 24.0. The van der Waals surface area contributed by atoms with E-state index in [0.717, 1.165) is 49.3 Å². The molecule has 1 N–H and O–H groups in total. The molecule has 1 fully saturated rings.